The third kappa shape index (κ3) is 5.45. The van der Waals surface area contributed by atoms with E-state index in [1.807, 2.05) is 19.0 Å². The van der Waals surface area contributed by atoms with Crippen molar-refractivity contribution in [3.63, 3.8) is 0 Å². The van der Waals surface area contributed by atoms with E-state index in [0.717, 1.165) is 0 Å². The molecule has 2 heterocycles. The molecule has 4 rings (SSSR count). The largest absolute Gasteiger partial charge is 0.419 e. The molecule has 2 aromatic heterocycles. The number of nitrogens with zero attached hydrogens (tertiary/aromatic N) is 5. The second-order valence-electron chi connectivity index (χ2n) is 8.63. The Kier molecular flexibility index (Phi) is 6.99. The number of rotatable bonds is 8. The van der Waals surface area contributed by atoms with Crippen LogP contribution < -0.4 is 10.2 Å². The number of fused-ring (bicyclic) bond motifs is 1. The number of nitro groups is 1. The number of para-hydroxylation sites is 1. The minimum atomic E-state index is -4.78. The van der Waals surface area contributed by atoms with E-state index in [4.69, 9.17) is 0 Å². The van der Waals surface area contributed by atoms with Crippen LogP contribution in [0.25, 0.3) is 22.2 Å². The van der Waals surface area contributed by atoms with Gasteiger partial charge in [-0.1, -0.05) is 12.1 Å². The average Bonchev–Trinajstić information content (AvgIpc) is 3.27. The first-order valence-electron chi connectivity index (χ1n) is 11.1. The number of halogens is 4. The van der Waals surface area contributed by atoms with Crippen molar-refractivity contribution in [3.05, 3.63) is 70.3 Å². The van der Waals surface area contributed by atoms with Crippen molar-refractivity contribution in [1.29, 1.82) is 0 Å². The maximum atomic E-state index is 14.1. The van der Waals surface area contributed by atoms with Crippen molar-refractivity contribution >= 4 is 33.9 Å². The second kappa shape index (κ2) is 10.0. The molecule has 0 unspecified atom stereocenters. The van der Waals surface area contributed by atoms with Crippen molar-refractivity contribution in [2.75, 3.05) is 44.4 Å². The fourth-order valence-electron chi connectivity index (χ4n) is 3.84. The van der Waals surface area contributed by atoms with Gasteiger partial charge in [0.25, 0.3) is 5.69 Å². The van der Waals surface area contributed by atoms with Crippen LogP contribution in [0.3, 0.4) is 0 Å². The Hall–Kier alpha value is -4.26. The predicted octanol–water partition coefficient (Wildman–Crippen LogP) is 5.43. The number of H-pyrrole nitrogens is 1. The Labute approximate surface area is 208 Å². The maximum Gasteiger partial charge on any atom is 0.419 e. The van der Waals surface area contributed by atoms with Crippen LogP contribution in [0.2, 0.25) is 0 Å². The number of anilines is 3. The zero-order chi connectivity index (χ0) is 26.9. The van der Waals surface area contributed by atoms with Crippen molar-refractivity contribution in [1.82, 2.24) is 19.9 Å². The molecule has 0 amide bonds. The van der Waals surface area contributed by atoms with Crippen LogP contribution in [0.5, 0.6) is 0 Å². The summed E-state index contributed by atoms with van der Waals surface area (Å²) in [4.78, 5) is 25.4. The monoisotopic (exact) mass is 517 g/mol. The number of hydrogen-bond acceptors (Lipinski definition) is 7. The highest BCUT2D eigenvalue weighted by Crippen LogP contribution is 2.39. The standard InChI is InChI=1S/C24H23F4N7O2/c1-33(2)9-10-34(3)19-8-7-14(11-20(19)35(36)37)31-23-30-13-17(24(26,27)28)21(32-23)16-12-29-22-15(16)5-4-6-18(22)25/h4-8,11-13,29H,9-10H2,1-3H3,(H,30,31,32). The fraction of sp³-hybridized carbons (Fsp3) is 0.250. The molecule has 2 N–H and O–H groups in total. The summed E-state index contributed by atoms with van der Waals surface area (Å²) >= 11 is 0. The molecular weight excluding hydrogens is 494 g/mol. The number of benzene rings is 2. The molecule has 0 spiro atoms. The van der Waals surface area contributed by atoms with Gasteiger partial charge in [0, 0.05) is 55.2 Å². The van der Waals surface area contributed by atoms with Gasteiger partial charge >= 0.3 is 6.18 Å². The van der Waals surface area contributed by atoms with E-state index in [9.17, 15) is 27.7 Å². The third-order valence-electron chi connectivity index (χ3n) is 5.74. The van der Waals surface area contributed by atoms with Crippen molar-refractivity contribution in [2.45, 2.75) is 6.18 Å². The summed E-state index contributed by atoms with van der Waals surface area (Å²) in [6.45, 7) is 1.21. The molecule has 0 saturated heterocycles. The van der Waals surface area contributed by atoms with E-state index in [0.29, 0.717) is 25.0 Å². The highest BCUT2D eigenvalue weighted by molar-refractivity contribution is 5.95. The van der Waals surface area contributed by atoms with Crippen molar-refractivity contribution < 1.29 is 22.5 Å². The number of alkyl halides is 3. The van der Waals surface area contributed by atoms with Crippen LogP contribution in [0, 0.1) is 15.9 Å². The average molecular weight is 517 g/mol. The first-order valence-corrected chi connectivity index (χ1v) is 11.1. The van der Waals surface area contributed by atoms with Gasteiger partial charge in [-0.2, -0.15) is 13.2 Å². The van der Waals surface area contributed by atoms with E-state index in [1.54, 1.807) is 24.1 Å². The van der Waals surface area contributed by atoms with Gasteiger partial charge in [-0.3, -0.25) is 10.1 Å². The molecule has 0 aliphatic rings. The topological polar surface area (TPSA) is 103 Å². The zero-order valence-corrected chi connectivity index (χ0v) is 20.1. The summed E-state index contributed by atoms with van der Waals surface area (Å²) < 4.78 is 55.5. The van der Waals surface area contributed by atoms with E-state index in [2.05, 4.69) is 20.3 Å². The number of hydrogen-bond donors (Lipinski definition) is 2. The van der Waals surface area contributed by atoms with Gasteiger partial charge in [0.15, 0.2) is 0 Å². The molecule has 37 heavy (non-hydrogen) atoms. The van der Waals surface area contributed by atoms with Gasteiger partial charge in [-0.25, -0.2) is 14.4 Å². The van der Waals surface area contributed by atoms with Crippen molar-refractivity contribution in [3.8, 4) is 11.3 Å². The lowest BCUT2D eigenvalue weighted by atomic mass is 10.1. The maximum absolute atomic E-state index is 14.1. The summed E-state index contributed by atoms with van der Waals surface area (Å²) in [5, 5.41) is 14.7. The lowest BCUT2D eigenvalue weighted by molar-refractivity contribution is -0.384. The number of nitro benzene ring substituents is 1. The summed E-state index contributed by atoms with van der Waals surface area (Å²) in [7, 11) is 5.51. The van der Waals surface area contributed by atoms with Gasteiger partial charge in [-0.05, 0) is 32.3 Å². The smallest absolute Gasteiger partial charge is 0.368 e. The Bertz CT molecular complexity index is 1450. The molecule has 0 aliphatic heterocycles. The van der Waals surface area contributed by atoms with E-state index < -0.39 is 28.2 Å². The minimum Gasteiger partial charge on any atom is -0.368 e. The van der Waals surface area contributed by atoms with Crippen LogP contribution in [-0.2, 0) is 6.18 Å². The van der Waals surface area contributed by atoms with E-state index in [-0.39, 0.29) is 33.8 Å². The summed E-state index contributed by atoms with van der Waals surface area (Å²) in [5.41, 5.74) is -1.08. The molecule has 0 atom stereocenters. The fourth-order valence-corrected chi connectivity index (χ4v) is 3.84. The highest BCUT2D eigenvalue weighted by atomic mass is 19.4. The van der Waals surface area contributed by atoms with E-state index in [1.165, 1.54) is 30.5 Å². The van der Waals surface area contributed by atoms with Gasteiger partial charge < -0.3 is 20.1 Å². The van der Waals surface area contributed by atoms with Gasteiger partial charge in [-0.15, -0.1) is 0 Å². The van der Waals surface area contributed by atoms with Crippen LogP contribution in [0.4, 0.5) is 40.6 Å². The van der Waals surface area contributed by atoms with Gasteiger partial charge in [0.1, 0.15) is 17.1 Å². The van der Waals surface area contributed by atoms with Crippen LogP contribution >= 0.6 is 0 Å². The second-order valence-corrected chi connectivity index (χ2v) is 8.63. The first-order chi connectivity index (χ1) is 17.5. The molecule has 0 saturated carbocycles. The normalized spacial score (nSPS) is 11.8. The lowest BCUT2D eigenvalue weighted by Crippen LogP contribution is -2.28. The summed E-state index contributed by atoms with van der Waals surface area (Å²) in [6.07, 6.45) is -2.90. The Morgan fingerprint density at radius 3 is 2.57 bits per heavy atom. The molecule has 0 aliphatic carbocycles. The molecule has 4 aromatic rings. The number of likely N-dealkylation sites (N-methyl/N-ethyl adjacent to an activating group) is 2. The SMILES string of the molecule is CN(C)CCN(C)c1ccc(Nc2ncc(C(F)(F)F)c(-c3c[nH]c4c(F)cccc34)n2)cc1[N+](=O)[O-]. The Morgan fingerprint density at radius 2 is 1.89 bits per heavy atom. The lowest BCUT2D eigenvalue weighted by Gasteiger charge is -2.21. The van der Waals surface area contributed by atoms with Gasteiger partial charge in [0.05, 0.1) is 16.1 Å². The molecule has 194 valence electrons. The van der Waals surface area contributed by atoms with Crippen LogP contribution in [-0.4, -0.2) is 59.0 Å². The quantitative estimate of drug-likeness (QED) is 0.182. The Balaban J connectivity index is 1.73. The summed E-state index contributed by atoms with van der Waals surface area (Å²) in [6, 6.07) is 8.42. The zero-order valence-electron chi connectivity index (χ0n) is 20.1. The van der Waals surface area contributed by atoms with Crippen LogP contribution in [0.15, 0.2) is 48.8 Å². The predicted molar refractivity (Wildman–Crippen MR) is 132 cm³/mol. The minimum absolute atomic E-state index is 0.0381. The highest BCUT2D eigenvalue weighted by Gasteiger charge is 2.36. The molecule has 9 nitrogen and oxygen atoms in total. The molecular formula is C24H23F4N7O2. The number of nitrogens with one attached hydrogen (secondary N) is 2. The summed E-state index contributed by atoms with van der Waals surface area (Å²) in [5.74, 6) is -0.829. The number of aromatic amines is 1. The Morgan fingerprint density at radius 1 is 1.14 bits per heavy atom. The molecule has 0 fully saturated rings. The molecule has 0 bridgehead atoms. The number of aromatic nitrogens is 3. The first kappa shape index (κ1) is 25.8. The molecule has 13 heteroatoms. The molecule has 2 aromatic carbocycles. The molecule has 0 radical (unpaired) electrons. The van der Waals surface area contributed by atoms with Gasteiger partial charge in [0.2, 0.25) is 5.95 Å². The third-order valence-corrected chi connectivity index (χ3v) is 5.74. The van der Waals surface area contributed by atoms with E-state index >= 15 is 0 Å². The van der Waals surface area contributed by atoms with Crippen LogP contribution in [0.1, 0.15) is 5.56 Å². The van der Waals surface area contributed by atoms with Crippen molar-refractivity contribution in [2.24, 2.45) is 0 Å².